The Morgan fingerprint density at radius 3 is 2.54 bits per heavy atom. The molecule has 0 fully saturated rings. The Morgan fingerprint density at radius 2 is 2.08 bits per heavy atom. The lowest BCUT2D eigenvalue weighted by molar-refractivity contribution is -0.141. The summed E-state index contributed by atoms with van der Waals surface area (Å²) in [6.45, 7) is 8.39. The van der Waals surface area contributed by atoms with Crippen molar-refractivity contribution in [2.24, 2.45) is 5.92 Å². The third-order valence-corrected chi connectivity index (χ3v) is 2.01. The van der Waals surface area contributed by atoms with E-state index in [-0.39, 0.29) is 5.97 Å². The first kappa shape index (κ1) is 12.2. The molecular weight excluding hydrogens is 164 g/mol. The molecule has 0 radical (unpaired) electrons. The molecule has 0 aromatic carbocycles. The van der Waals surface area contributed by atoms with Crippen LogP contribution in [0.4, 0.5) is 0 Å². The predicted molar refractivity (Wildman–Crippen MR) is 54.5 cm³/mol. The standard InChI is InChI=1S/C11H20O2/c1-5-9(2)8-10(3)6-7-13-11(4)12/h8,10H,5-7H2,1-4H3. The van der Waals surface area contributed by atoms with Crippen molar-refractivity contribution in [1.29, 1.82) is 0 Å². The Hall–Kier alpha value is -0.790. The second-order valence-corrected chi connectivity index (χ2v) is 3.47. The van der Waals surface area contributed by atoms with Gasteiger partial charge in [-0.3, -0.25) is 4.79 Å². The van der Waals surface area contributed by atoms with Crippen LogP contribution in [0.5, 0.6) is 0 Å². The largest absolute Gasteiger partial charge is 0.466 e. The maximum atomic E-state index is 10.5. The molecular formula is C11H20O2. The van der Waals surface area contributed by atoms with Crippen molar-refractivity contribution in [1.82, 2.24) is 0 Å². The van der Waals surface area contributed by atoms with Crippen LogP contribution in [0, 0.1) is 5.92 Å². The van der Waals surface area contributed by atoms with Gasteiger partial charge < -0.3 is 4.74 Å². The van der Waals surface area contributed by atoms with E-state index in [9.17, 15) is 4.79 Å². The minimum absolute atomic E-state index is 0.191. The summed E-state index contributed by atoms with van der Waals surface area (Å²) in [4.78, 5) is 10.5. The number of esters is 1. The van der Waals surface area contributed by atoms with Gasteiger partial charge in [0.05, 0.1) is 6.61 Å². The van der Waals surface area contributed by atoms with Gasteiger partial charge in [-0.1, -0.05) is 25.5 Å². The summed E-state index contributed by atoms with van der Waals surface area (Å²) in [5, 5.41) is 0. The monoisotopic (exact) mass is 184 g/mol. The Morgan fingerprint density at radius 1 is 1.46 bits per heavy atom. The van der Waals surface area contributed by atoms with Gasteiger partial charge in [0.15, 0.2) is 0 Å². The molecule has 1 atom stereocenters. The van der Waals surface area contributed by atoms with Crippen LogP contribution in [0.25, 0.3) is 0 Å². The first-order chi connectivity index (χ1) is 6.06. The van der Waals surface area contributed by atoms with Crippen molar-refractivity contribution in [3.05, 3.63) is 11.6 Å². The van der Waals surface area contributed by atoms with Crippen molar-refractivity contribution < 1.29 is 9.53 Å². The molecule has 0 heterocycles. The van der Waals surface area contributed by atoms with Gasteiger partial charge in [0, 0.05) is 6.92 Å². The van der Waals surface area contributed by atoms with E-state index in [0.29, 0.717) is 12.5 Å². The zero-order chi connectivity index (χ0) is 10.3. The van der Waals surface area contributed by atoms with Crippen LogP contribution in [0.15, 0.2) is 11.6 Å². The van der Waals surface area contributed by atoms with Gasteiger partial charge >= 0.3 is 5.97 Å². The average molecular weight is 184 g/mol. The number of rotatable bonds is 5. The van der Waals surface area contributed by atoms with Crippen molar-refractivity contribution in [3.8, 4) is 0 Å². The molecule has 1 unspecified atom stereocenters. The zero-order valence-electron chi connectivity index (χ0n) is 9.09. The van der Waals surface area contributed by atoms with E-state index in [2.05, 4.69) is 26.8 Å². The third-order valence-electron chi connectivity index (χ3n) is 2.01. The van der Waals surface area contributed by atoms with E-state index >= 15 is 0 Å². The molecule has 0 aromatic rings. The van der Waals surface area contributed by atoms with Crippen molar-refractivity contribution in [2.45, 2.75) is 40.5 Å². The molecule has 0 aliphatic carbocycles. The lowest BCUT2D eigenvalue weighted by Gasteiger charge is -2.07. The molecule has 0 aliphatic rings. The van der Waals surface area contributed by atoms with Crippen LogP contribution < -0.4 is 0 Å². The first-order valence-electron chi connectivity index (χ1n) is 4.87. The van der Waals surface area contributed by atoms with E-state index in [0.717, 1.165) is 12.8 Å². The van der Waals surface area contributed by atoms with Crippen LogP contribution in [0.3, 0.4) is 0 Å². The lowest BCUT2D eigenvalue weighted by Crippen LogP contribution is -2.04. The first-order valence-corrected chi connectivity index (χ1v) is 4.87. The van der Waals surface area contributed by atoms with Crippen LogP contribution in [-0.4, -0.2) is 12.6 Å². The summed E-state index contributed by atoms with van der Waals surface area (Å²) in [5.41, 5.74) is 1.40. The summed E-state index contributed by atoms with van der Waals surface area (Å²) >= 11 is 0. The van der Waals surface area contributed by atoms with Gasteiger partial charge in [0.1, 0.15) is 0 Å². The van der Waals surface area contributed by atoms with Crippen molar-refractivity contribution >= 4 is 5.97 Å². The van der Waals surface area contributed by atoms with Crippen LogP contribution >= 0.6 is 0 Å². The minimum Gasteiger partial charge on any atom is -0.466 e. The molecule has 0 amide bonds. The summed E-state index contributed by atoms with van der Waals surface area (Å²) in [5.74, 6) is 0.308. The van der Waals surface area contributed by atoms with Gasteiger partial charge in [-0.15, -0.1) is 0 Å². The van der Waals surface area contributed by atoms with E-state index < -0.39 is 0 Å². The Balaban J connectivity index is 3.62. The summed E-state index contributed by atoms with van der Waals surface area (Å²) in [6.07, 6.45) is 4.25. The molecule has 76 valence electrons. The second-order valence-electron chi connectivity index (χ2n) is 3.47. The molecule has 0 rings (SSSR count). The fourth-order valence-corrected chi connectivity index (χ4v) is 1.08. The number of hydrogen-bond donors (Lipinski definition) is 0. The topological polar surface area (TPSA) is 26.3 Å². The van der Waals surface area contributed by atoms with Crippen LogP contribution in [-0.2, 0) is 9.53 Å². The van der Waals surface area contributed by atoms with Gasteiger partial charge in [0.25, 0.3) is 0 Å². The summed E-state index contributed by atoms with van der Waals surface area (Å²) in [7, 11) is 0. The van der Waals surface area contributed by atoms with E-state index in [1.807, 2.05) is 0 Å². The molecule has 0 aliphatic heterocycles. The molecule has 0 aromatic heterocycles. The summed E-state index contributed by atoms with van der Waals surface area (Å²) in [6, 6.07) is 0. The number of hydrogen-bond acceptors (Lipinski definition) is 2. The average Bonchev–Trinajstić information content (AvgIpc) is 2.03. The van der Waals surface area contributed by atoms with Gasteiger partial charge in [-0.25, -0.2) is 0 Å². The highest BCUT2D eigenvalue weighted by atomic mass is 16.5. The molecule has 2 heteroatoms. The highest BCUT2D eigenvalue weighted by Crippen LogP contribution is 2.09. The molecule has 0 saturated heterocycles. The smallest absolute Gasteiger partial charge is 0.302 e. The molecule has 2 nitrogen and oxygen atoms in total. The number of allylic oxidation sites excluding steroid dienone is 2. The van der Waals surface area contributed by atoms with Crippen LogP contribution in [0.1, 0.15) is 40.5 Å². The molecule has 0 saturated carbocycles. The maximum absolute atomic E-state index is 10.5. The predicted octanol–water partition coefficient (Wildman–Crippen LogP) is 2.93. The number of carbonyl (C=O) groups excluding carboxylic acids is 1. The Kier molecular flexibility index (Phi) is 6.29. The fourth-order valence-electron chi connectivity index (χ4n) is 1.08. The highest BCUT2D eigenvalue weighted by molar-refractivity contribution is 5.65. The highest BCUT2D eigenvalue weighted by Gasteiger charge is 1.99. The van der Waals surface area contributed by atoms with Gasteiger partial charge in [0.2, 0.25) is 0 Å². The quantitative estimate of drug-likeness (QED) is 0.485. The van der Waals surface area contributed by atoms with E-state index in [4.69, 9.17) is 4.74 Å². The van der Waals surface area contributed by atoms with E-state index in [1.165, 1.54) is 12.5 Å². The Labute approximate surface area is 81.0 Å². The minimum atomic E-state index is -0.191. The van der Waals surface area contributed by atoms with Crippen LogP contribution in [0.2, 0.25) is 0 Å². The zero-order valence-corrected chi connectivity index (χ0v) is 9.09. The molecule has 0 bridgehead atoms. The normalized spacial score (nSPS) is 14.0. The number of ether oxygens (including phenoxy) is 1. The molecule has 0 spiro atoms. The number of carbonyl (C=O) groups is 1. The van der Waals surface area contributed by atoms with Crippen molar-refractivity contribution in [3.63, 3.8) is 0 Å². The van der Waals surface area contributed by atoms with E-state index in [1.54, 1.807) is 0 Å². The maximum Gasteiger partial charge on any atom is 0.302 e. The molecule has 0 N–H and O–H groups in total. The second kappa shape index (κ2) is 6.70. The fraction of sp³-hybridized carbons (Fsp3) is 0.727. The Bertz CT molecular complexity index is 183. The van der Waals surface area contributed by atoms with Crippen molar-refractivity contribution in [2.75, 3.05) is 6.61 Å². The summed E-state index contributed by atoms with van der Waals surface area (Å²) < 4.78 is 4.86. The SMILES string of the molecule is CCC(C)=CC(C)CCOC(C)=O. The van der Waals surface area contributed by atoms with Gasteiger partial charge in [-0.05, 0) is 25.7 Å². The van der Waals surface area contributed by atoms with Gasteiger partial charge in [-0.2, -0.15) is 0 Å². The lowest BCUT2D eigenvalue weighted by atomic mass is 10.0. The molecule has 13 heavy (non-hydrogen) atoms. The third kappa shape index (κ3) is 7.57.